The normalized spacial score (nSPS) is 18.1. The Hall–Kier alpha value is -1.98. The third kappa shape index (κ3) is 1.86. The van der Waals surface area contributed by atoms with Gasteiger partial charge >= 0.3 is 0 Å². The van der Waals surface area contributed by atoms with Crippen molar-refractivity contribution in [2.45, 2.75) is 20.3 Å². The predicted molar refractivity (Wildman–Crippen MR) is 65.1 cm³/mol. The summed E-state index contributed by atoms with van der Waals surface area (Å²) in [6.45, 7) is 4.54. The Morgan fingerprint density at radius 1 is 1.41 bits per heavy atom. The monoisotopic (exact) mass is 236 g/mol. The summed E-state index contributed by atoms with van der Waals surface area (Å²) in [5.41, 5.74) is 5.82. The van der Waals surface area contributed by atoms with Gasteiger partial charge in [-0.3, -0.25) is 9.59 Å². The zero-order valence-corrected chi connectivity index (χ0v) is 9.91. The van der Waals surface area contributed by atoms with Gasteiger partial charge in [-0.05, 0) is 17.9 Å². The molecule has 0 aromatic carbocycles. The van der Waals surface area contributed by atoms with Crippen LogP contribution in [0.25, 0.3) is 0 Å². The number of aromatic nitrogens is 1. The molecule has 0 spiro atoms. The smallest absolute Gasteiger partial charge is 0.292 e. The van der Waals surface area contributed by atoms with Crippen molar-refractivity contribution in [2.75, 3.05) is 18.1 Å². The van der Waals surface area contributed by atoms with Gasteiger partial charge in [-0.2, -0.15) is 0 Å². The Morgan fingerprint density at radius 3 is 2.71 bits per heavy atom. The van der Waals surface area contributed by atoms with Crippen molar-refractivity contribution < 1.29 is 4.79 Å². The summed E-state index contributed by atoms with van der Waals surface area (Å²) < 4.78 is 0.983. The Bertz CT molecular complexity index is 545. The van der Waals surface area contributed by atoms with Crippen LogP contribution in [0, 0.1) is 5.41 Å². The maximum absolute atomic E-state index is 11.9. The van der Waals surface area contributed by atoms with E-state index in [-0.39, 0.29) is 17.0 Å². The average molecular weight is 236 g/mol. The van der Waals surface area contributed by atoms with Gasteiger partial charge in [0.25, 0.3) is 11.5 Å². The lowest BCUT2D eigenvalue weighted by Crippen LogP contribution is -2.35. The number of hydrogen-bond donors (Lipinski definition) is 3. The van der Waals surface area contributed by atoms with Gasteiger partial charge in [-0.15, -0.1) is 0 Å². The van der Waals surface area contributed by atoms with Gasteiger partial charge < -0.3 is 16.9 Å². The van der Waals surface area contributed by atoms with Crippen molar-refractivity contribution in [3.05, 3.63) is 27.7 Å². The molecule has 6 nitrogen and oxygen atoms in total. The van der Waals surface area contributed by atoms with Crippen LogP contribution in [0.4, 0.5) is 5.69 Å². The maximum atomic E-state index is 11.9. The first-order valence-electron chi connectivity index (χ1n) is 5.39. The fourth-order valence-electron chi connectivity index (χ4n) is 2.00. The van der Waals surface area contributed by atoms with Crippen molar-refractivity contribution in [3.63, 3.8) is 0 Å². The zero-order valence-electron chi connectivity index (χ0n) is 9.91. The van der Waals surface area contributed by atoms with Gasteiger partial charge in [0.1, 0.15) is 5.69 Å². The van der Waals surface area contributed by atoms with E-state index in [0.29, 0.717) is 24.2 Å². The third-order valence-electron chi connectivity index (χ3n) is 2.99. The second kappa shape index (κ2) is 3.51. The van der Waals surface area contributed by atoms with Crippen molar-refractivity contribution >= 4 is 11.6 Å². The molecular weight excluding hydrogens is 220 g/mol. The molecule has 2 rings (SSSR count). The number of hydrogen-bond acceptors (Lipinski definition) is 4. The number of pyridine rings is 1. The highest BCUT2D eigenvalue weighted by atomic mass is 16.2. The summed E-state index contributed by atoms with van der Waals surface area (Å²) in [6, 6.07) is 1.40. The summed E-state index contributed by atoms with van der Waals surface area (Å²) in [6.07, 6.45) is 0.549. The number of nitrogens with one attached hydrogen (secondary N) is 1. The number of rotatable bonds is 0. The molecule has 5 N–H and O–H groups in total. The number of nitrogen functional groups attached to an aromatic ring is 2. The minimum atomic E-state index is -0.464. The van der Waals surface area contributed by atoms with E-state index in [1.165, 1.54) is 6.07 Å². The van der Waals surface area contributed by atoms with Crippen molar-refractivity contribution in [1.82, 2.24) is 9.99 Å². The molecule has 0 atom stereocenters. The van der Waals surface area contributed by atoms with Gasteiger partial charge in [0.15, 0.2) is 0 Å². The first-order chi connectivity index (χ1) is 7.82. The lowest BCUT2D eigenvalue weighted by atomic mass is 9.87. The van der Waals surface area contributed by atoms with Crippen LogP contribution >= 0.6 is 0 Å². The molecule has 0 fully saturated rings. The van der Waals surface area contributed by atoms with E-state index >= 15 is 0 Å². The fourth-order valence-corrected chi connectivity index (χ4v) is 2.00. The van der Waals surface area contributed by atoms with Crippen LogP contribution in [0.5, 0.6) is 0 Å². The Kier molecular flexibility index (Phi) is 2.38. The van der Waals surface area contributed by atoms with E-state index in [1.807, 2.05) is 13.8 Å². The number of fused-ring (bicyclic) bond motifs is 1. The molecule has 17 heavy (non-hydrogen) atoms. The molecule has 1 aliphatic heterocycles. The van der Waals surface area contributed by atoms with Crippen LogP contribution in [0.2, 0.25) is 0 Å². The summed E-state index contributed by atoms with van der Waals surface area (Å²) in [5, 5.41) is 2.80. The minimum absolute atomic E-state index is 0.0129. The zero-order chi connectivity index (χ0) is 12.8. The van der Waals surface area contributed by atoms with Crippen molar-refractivity contribution in [3.8, 4) is 0 Å². The van der Waals surface area contributed by atoms with Gasteiger partial charge in [0.05, 0.1) is 11.3 Å². The van der Waals surface area contributed by atoms with Crippen LogP contribution in [-0.2, 0) is 6.42 Å². The second-order valence-corrected chi connectivity index (χ2v) is 5.16. The minimum Gasteiger partial charge on any atom is -0.394 e. The highest BCUT2D eigenvalue weighted by Gasteiger charge is 2.29. The van der Waals surface area contributed by atoms with E-state index in [2.05, 4.69) is 5.32 Å². The highest BCUT2D eigenvalue weighted by Crippen LogP contribution is 2.25. The van der Waals surface area contributed by atoms with Crippen molar-refractivity contribution in [1.29, 1.82) is 0 Å². The van der Waals surface area contributed by atoms with E-state index in [1.54, 1.807) is 0 Å². The molecule has 6 heteroatoms. The molecule has 2 heterocycles. The molecule has 0 aliphatic carbocycles. The topological polar surface area (TPSA) is 103 Å². The van der Waals surface area contributed by atoms with Crippen LogP contribution < -0.4 is 22.5 Å². The van der Waals surface area contributed by atoms with Gasteiger partial charge in [-0.25, -0.2) is 4.68 Å². The van der Waals surface area contributed by atoms with Crippen LogP contribution in [0.3, 0.4) is 0 Å². The van der Waals surface area contributed by atoms with E-state index < -0.39 is 5.56 Å². The summed E-state index contributed by atoms with van der Waals surface area (Å²) in [7, 11) is 0. The quantitative estimate of drug-likeness (QED) is 0.526. The number of nitrogens with two attached hydrogens (primary N) is 2. The standard InChI is InChI=1S/C11H16N4O2/c1-11(2)4-8-6(9(16)14-5-11)3-7(12)10(17)15(8)13/h3H,4-5,12-13H2,1-2H3,(H,14,16). The van der Waals surface area contributed by atoms with Gasteiger partial charge in [-0.1, -0.05) is 13.8 Å². The third-order valence-corrected chi connectivity index (χ3v) is 2.99. The van der Waals surface area contributed by atoms with E-state index in [9.17, 15) is 9.59 Å². The van der Waals surface area contributed by atoms with Gasteiger partial charge in [0, 0.05) is 6.54 Å². The average Bonchev–Trinajstić information content (AvgIpc) is 2.36. The lowest BCUT2D eigenvalue weighted by molar-refractivity contribution is 0.0944. The molecule has 1 amide bonds. The molecule has 1 aromatic rings. The molecule has 1 aromatic heterocycles. The molecule has 0 saturated carbocycles. The molecule has 92 valence electrons. The Morgan fingerprint density at radius 2 is 2.06 bits per heavy atom. The molecule has 0 saturated heterocycles. The number of carbonyl (C=O) groups excluding carboxylic acids is 1. The van der Waals surface area contributed by atoms with Crippen LogP contribution in [0.15, 0.2) is 10.9 Å². The predicted octanol–water partition coefficient (Wildman–Crippen LogP) is -0.544. The van der Waals surface area contributed by atoms with E-state index in [4.69, 9.17) is 11.6 Å². The highest BCUT2D eigenvalue weighted by molar-refractivity contribution is 5.96. The van der Waals surface area contributed by atoms with Crippen LogP contribution in [0.1, 0.15) is 29.9 Å². The van der Waals surface area contributed by atoms with Crippen molar-refractivity contribution in [2.24, 2.45) is 5.41 Å². The summed E-state index contributed by atoms with van der Waals surface area (Å²) >= 11 is 0. The first kappa shape index (κ1) is 11.5. The first-order valence-corrected chi connectivity index (χ1v) is 5.39. The summed E-state index contributed by atoms with van der Waals surface area (Å²) in [4.78, 5) is 23.5. The molecule has 1 aliphatic rings. The second-order valence-electron chi connectivity index (χ2n) is 5.16. The Balaban J connectivity index is 2.70. The van der Waals surface area contributed by atoms with E-state index in [0.717, 1.165) is 4.68 Å². The Labute approximate surface area is 98.6 Å². The number of amides is 1. The molecule has 0 radical (unpaired) electrons. The van der Waals surface area contributed by atoms with Gasteiger partial charge in [0.2, 0.25) is 0 Å². The summed E-state index contributed by atoms with van der Waals surface area (Å²) in [5.74, 6) is 5.46. The SMILES string of the molecule is CC1(C)CNC(=O)c2cc(N)c(=O)n(N)c2C1. The number of anilines is 1. The lowest BCUT2D eigenvalue weighted by Gasteiger charge is -2.22. The molecule has 0 bridgehead atoms. The number of nitrogens with zero attached hydrogens (tertiary/aromatic N) is 1. The maximum Gasteiger partial charge on any atom is 0.292 e. The molecule has 0 unspecified atom stereocenters. The molecular formula is C11H16N4O2. The van der Waals surface area contributed by atoms with Crippen LogP contribution in [-0.4, -0.2) is 17.1 Å². The fraction of sp³-hybridized carbons (Fsp3) is 0.455. The largest absolute Gasteiger partial charge is 0.394 e. The number of carbonyl (C=O) groups is 1.